The molecular formula is C20H25F2IN4O. The van der Waals surface area contributed by atoms with E-state index in [2.05, 4.69) is 15.6 Å². The maximum Gasteiger partial charge on any atom is 0.191 e. The van der Waals surface area contributed by atoms with Crippen LogP contribution in [0.15, 0.2) is 47.5 Å². The normalized spacial score (nSPS) is 16.5. The van der Waals surface area contributed by atoms with E-state index in [0.717, 1.165) is 17.7 Å². The molecule has 5 nitrogen and oxygen atoms in total. The van der Waals surface area contributed by atoms with Crippen molar-refractivity contribution in [3.63, 3.8) is 0 Å². The Morgan fingerprint density at radius 3 is 2.46 bits per heavy atom. The Morgan fingerprint density at radius 1 is 1.18 bits per heavy atom. The molecule has 2 aromatic rings. The quantitative estimate of drug-likeness (QED) is 0.373. The molecule has 8 heteroatoms. The number of benzene rings is 2. The summed E-state index contributed by atoms with van der Waals surface area (Å²) in [5.41, 5.74) is 1.14. The van der Waals surface area contributed by atoms with Crippen LogP contribution in [0.1, 0.15) is 12.0 Å². The Balaban J connectivity index is 0.00000280. The highest BCUT2D eigenvalue weighted by Gasteiger charge is 2.27. The van der Waals surface area contributed by atoms with Gasteiger partial charge in [0.2, 0.25) is 0 Å². The van der Waals surface area contributed by atoms with Crippen molar-refractivity contribution in [3.8, 4) is 5.75 Å². The fraction of sp³-hybridized carbons (Fsp3) is 0.350. The van der Waals surface area contributed by atoms with Crippen LogP contribution in [-0.2, 0) is 6.54 Å². The van der Waals surface area contributed by atoms with E-state index in [1.807, 2.05) is 24.3 Å². The standard InChI is InChI=1S/C20H24F2N4O.HI/c1-23-20(24-12-14-6-8-16(27-2)9-7-14)25-15-10-11-26(13-15)19-17(21)4-3-5-18(19)22;/h3-9,15H,10-13H2,1-2H3,(H2,23,24,25);1H. The third-order valence-corrected chi connectivity index (χ3v) is 4.63. The molecular weight excluding hydrogens is 477 g/mol. The molecule has 1 heterocycles. The van der Waals surface area contributed by atoms with Crippen molar-refractivity contribution in [2.45, 2.75) is 19.0 Å². The zero-order valence-corrected chi connectivity index (χ0v) is 18.2. The van der Waals surface area contributed by atoms with E-state index in [1.165, 1.54) is 18.2 Å². The summed E-state index contributed by atoms with van der Waals surface area (Å²) in [6.07, 6.45) is 0.775. The van der Waals surface area contributed by atoms with Crippen LogP contribution < -0.4 is 20.3 Å². The van der Waals surface area contributed by atoms with Gasteiger partial charge in [-0.05, 0) is 36.2 Å². The number of aliphatic imine (C=N–C) groups is 1. The summed E-state index contributed by atoms with van der Waals surface area (Å²) in [7, 11) is 3.34. The molecule has 0 amide bonds. The van der Waals surface area contributed by atoms with Gasteiger partial charge < -0.3 is 20.3 Å². The van der Waals surface area contributed by atoms with Crippen LogP contribution >= 0.6 is 24.0 Å². The number of hydrogen-bond donors (Lipinski definition) is 2. The van der Waals surface area contributed by atoms with Crippen LogP contribution in [0.4, 0.5) is 14.5 Å². The average molecular weight is 502 g/mol. The van der Waals surface area contributed by atoms with Crippen LogP contribution in [0.2, 0.25) is 0 Å². The molecule has 0 aliphatic carbocycles. The molecule has 152 valence electrons. The van der Waals surface area contributed by atoms with E-state index in [0.29, 0.717) is 25.6 Å². The van der Waals surface area contributed by atoms with Gasteiger partial charge in [-0.3, -0.25) is 4.99 Å². The fourth-order valence-corrected chi connectivity index (χ4v) is 3.19. The second kappa shape index (κ2) is 10.4. The van der Waals surface area contributed by atoms with Gasteiger partial charge in [0.05, 0.1) is 7.11 Å². The van der Waals surface area contributed by atoms with Gasteiger partial charge in [-0.2, -0.15) is 0 Å². The van der Waals surface area contributed by atoms with Crippen LogP contribution in [0.5, 0.6) is 5.75 Å². The third-order valence-electron chi connectivity index (χ3n) is 4.63. The maximum absolute atomic E-state index is 14.0. The van der Waals surface area contributed by atoms with Gasteiger partial charge >= 0.3 is 0 Å². The van der Waals surface area contributed by atoms with E-state index in [-0.39, 0.29) is 35.7 Å². The first-order chi connectivity index (χ1) is 13.1. The minimum atomic E-state index is -0.530. The van der Waals surface area contributed by atoms with Gasteiger partial charge in [-0.1, -0.05) is 18.2 Å². The molecule has 2 aromatic carbocycles. The molecule has 3 rings (SSSR count). The minimum absolute atomic E-state index is 0. The smallest absolute Gasteiger partial charge is 0.191 e. The molecule has 0 spiro atoms. The summed E-state index contributed by atoms with van der Waals surface area (Å²) in [6.45, 7) is 1.72. The molecule has 2 N–H and O–H groups in total. The van der Waals surface area contributed by atoms with Crippen molar-refractivity contribution in [1.29, 1.82) is 0 Å². The number of nitrogens with zero attached hydrogens (tertiary/aromatic N) is 2. The average Bonchev–Trinajstić information content (AvgIpc) is 3.13. The molecule has 1 aliphatic rings. The number of methoxy groups -OCH3 is 1. The Morgan fingerprint density at radius 2 is 1.86 bits per heavy atom. The molecule has 1 unspecified atom stereocenters. The van der Waals surface area contributed by atoms with E-state index in [1.54, 1.807) is 19.1 Å². The first-order valence-electron chi connectivity index (χ1n) is 8.89. The van der Waals surface area contributed by atoms with Crippen LogP contribution in [0.25, 0.3) is 0 Å². The first-order valence-corrected chi connectivity index (χ1v) is 8.89. The number of ether oxygens (including phenoxy) is 1. The molecule has 0 aromatic heterocycles. The van der Waals surface area contributed by atoms with Crippen molar-refractivity contribution in [2.75, 3.05) is 32.1 Å². The number of halogens is 3. The fourth-order valence-electron chi connectivity index (χ4n) is 3.19. The Kier molecular flexibility index (Phi) is 8.28. The maximum atomic E-state index is 14.0. The van der Waals surface area contributed by atoms with Crippen molar-refractivity contribution < 1.29 is 13.5 Å². The van der Waals surface area contributed by atoms with Gasteiger partial charge in [0, 0.05) is 32.7 Å². The Hall–Kier alpha value is -2.10. The van der Waals surface area contributed by atoms with Crippen molar-refractivity contribution >= 4 is 35.6 Å². The van der Waals surface area contributed by atoms with Gasteiger partial charge in [-0.15, -0.1) is 24.0 Å². The lowest BCUT2D eigenvalue weighted by Gasteiger charge is -2.21. The molecule has 1 saturated heterocycles. The molecule has 0 saturated carbocycles. The number of rotatable bonds is 5. The topological polar surface area (TPSA) is 48.9 Å². The summed E-state index contributed by atoms with van der Waals surface area (Å²) in [4.78, 5) is 5.97. The summed E-state index contributed by atoms with van der Waals surface area (Å²) >= 11 is 0. The Labute approximate surface area is 181 Å². The molecule has 1 aliphatic heterocycles. The van der Waals surface area contributed by atoms with Crippen molar-refractivity contribution in [2.24, 2.45) is 4.99 Å². The van der Waals surface area contributed by atoms with Gasteiger partial charge in [0.15, 0.2) is 5.96 Å². The van der Waals surface area contributed by atoms with E-state index < -0.39 is 11.6 Å². The zero-order chi connectivity index (χ0) is 19.2. The summed E-state index contributed by atoms with van der Waals surface area (Å²) in [6, 6.07) is 11.8. The molecule has 0 radical (unpaired) electrons. The van der Waals surface area contributed by atoms with Crippen LogP contribution in [0, 0.1) is 11.6 Å². The summed E-state index contributed by atoms with van der Waals surface area (Å²) < 4.78 is 33.1. The monoisotopic (exact) mass is 502 g/mol. The number of anilines is 1. The molecule has 1 fully saturated rings. The highest BCUT2D eigenvalue weighted by molar-refractivity contribution is 14.0. The zero-order valence-electron chi connectivity index (χ0n) is 15.9. The van der Waals surface area contributed by atoms with Gasteiger partial charge in [-0.25, -0.2) is 8.78 Å². The lowest BCUT2D eigenvalue weighted by Crippen LogP contribution is -2.44. The first kappa shape index (κ1) is 22.2. The molecule has 0 bridgehead atoms. The van der Waals surface area contributed by atoms with Crippen molar-refractivity contribution in [1.82, 2.24) is 10.6 Å². The predicted octanol–water partition coefficient (Wildman–Crippen LogP) is 3.54. The van der Waals surface area contributed by atoms with Crippen LogP contribution in [0.3, 0.4) is 0 Å². The molecule has 28 heavy (non-hydrogen) atoms. The number of hydrogen-bond acceptors (Lipinski definition) is 3. The molecule has 1 atom stereocenters. The van der Waals surface area contributed by atoms with Crippen molar-refractivity contribution in [3.05, 3.63) is 59.7 Å². The van der Waals surface area contributed by atoms with Gasteiger partial charge in [0.1, 0.15) is 23.1 Å². The highest BCUT2D eigenvalue weighted by Crippen LogP contribution is 2.26. The van der Waals surface area contributed by atoms with Gasteiger partial charge in [0.25, 0.3) is 0 Å². The highest BCUT2D eigenvalue weighted by atomic mass is 127. The third kappa shape index (κ3) is 5.46. The second-order valence-electron chi connectivity index (χ2n) is 6.42. The second-order valence-corrected chi connectivity index (χ2v) is 6.42. The minimum Gasteiger partial charge on any atom is -0.497 e. The number of para-hydroxylation sites is 1. The summed E-state index contributed by atoms with van der Waals surface area (Å²) in [5.74, 6) is 0.412. The lowest BCUT2D eigenvalue weighted by atomic mass is 10.2. The number of guanidine groups is 1. The predicted molar refractivity (Wildman–Crippen MR) is 119 cm³/mol. The van der Waals surface area contributed by atoms with E-state index in [4.69, 9.17) is 4.74 Å². The SMILES string of the molecule is CN=C(NCc1ccc(OC)cc1)NC1CCN(c2c(F)cccc2F)C1.I. The van der Waals surface area contributed by atoms with Crippen LogP contribution in [-0.4, -0.2) is 39.2 Å². The lowest BCUT2D eigenvalue weighted by molar-refractivity contribution is 0.414. The van der Waals surface area contributed by atoms with E-state index in [9.17, 15) is 8.78 Å². The Bertz CT molecular complexity index is 781. The summed E-state index contributed by atoms with van der Waals surface area (Å²) in [5, 5.41) is 6.58. The number of nitrogens with one attached hydrogen (secondary N) is 2. The van der Waals surface area contributed by atoms with E-state index >= 15 is 0 Å². The largest absolute Gasteiger partial charge is 0.497 e.